The van der Waals surface area contributed by atoms with Crippen molar-refractivity contribution in [3.05, 3.63) is 45.5 Å². The molecule has 0 aliphatic carbocycles. The van der Waals surface area contributed by atoms with Gasteiger partial charge in [0.2, 0.25) is 0 Å². The number of nitrogen functional groups attached to an aromatic ring is 2. The van der Waals surface area contributed by atoms with Crippen LogP contribution in [0.3, 0.4) is 0 Å². The van der Waals surface area contributed by atoms with E-state index in [2.05, 4.69) is 9.97 Å². The first kappa shape index (κ1) is 25.6. The second kappa shape index (κ2) is 10.5. The summed E-state index contributed by atoms with van der Waals surface area (Å²) in [6, 6.07) is 2.69. The number of aliphatic hydroxyl groups excluding tert-OH is 5. The van der Waals surface area contributed by atoms with Crippen molar-refractivity contribution >= 4 is 11.6 Å². The Morgan fingerprint density at radius 3 is 1.68 bits per heavy atom. The van der Waals surface area contributed by atoms with Gasteiger partial charge in [0.1, 0.15) is 42.2 Å². The Morgan fingerprint density at radius 2 is 1.26 bits per heavy atom. The Kier molecular flexibility index (Phi) is 7.93. The highest BCUT2D eigenvalue weighted by Crippen LogP contribution is 2.30. The van der Waals surface area contributed by atoms with Crippen LogP contribution in [0.25, 0.3) is 0 Å². The van der Waals surface area contributed by atoms with Gasteiger partial charge in [0.15, 0.2) is 18.6 Å². The summed E-state index contributed by atoms with van der Waals surface area (Å²) in [6.07, 6.45) is -7.68. The number of ether oxygens (including phenoxy) is 2. The molecule has 8 atom stereocenters. The van der Waals surface area contributed by atoms with Crippen LogP contribution in [0, 0.1) is 0 Å². The van der Waals surface area contributed by atoms with E-state index in [-0.39, 0.29) is 11.6 Å². The highest BCUT2D eigenvalue weighted by molar-refractivity contribution is 5.24. The first-order valence-corrected chi connectivity index (χ1v) is 9.99. The lowest BCUT2D eigenvalue weighted by Crippen LogP contribution is -2.36. The maximum absolute atomic E-state index is 13.7. The van der Waals surface area contributed by atoms with Crippen molar-refractivity contribution < 1.29 is 39.4 Å². The fourth-order valence-corrected chi connectivity index (χ4v) is 3.43. The highest BCUT2D eigenvalue weighted by atomic mass is 19.1. The molecule has 2 aliphatic heterocycles. The van der Waals surface area contributed by atoms with E-state index in [0.717, 1.165) is 9.13 Å². The van der Waals surface area contributed by atoms with Gasteiger partial charge in [-0.2, -0.15) is 9.97 Å². The maximum Gasteiger partial charge on any atom is 0.351 e. The van der Waals surface area contributed by atoms with Crippen LogP contribution in [0.5, 0.6) is 0 Å². The molecular weight excluding hydrogens is 463 g/mol. The van der Waals surface area contributed by atoms with E-state index in [0.29, 0.717) is 0 Å². The molecule has 34 heavy (non-hydrogen) atoms. The third kappa shape index (κ3) is 5.07. The van der Waals surface area contributed by atoms with Gasteiger partial charge in [0.25, 0.3) is 0 Å². The third-order valence-corrected chi connectivity index (χ3v) is 5.24. The van der Waals surface area contributed by atoms with Crippen LogP contribution in [0.1, 0.15) is 12.5 Å². The number of hydrogen-bond donors (Lipinski definition) is 7. The van der Waals surface area contributed by atoms with Gasteiger partial charge in [0.05, 0.1) is 13.2 Å². The molecule has 2 fully saturated rings. The number of aliphatic hydroxyl groups is 5. The van der Waals surface area contributed by atoms with Gasteiger partial charge in [-0.3, -0.25) is 9.13 Å². The molecule has 2 aliphatic rings. The van der Waals surface area contributed by atoms with Gasteiger partial charge >= 0.3 is 11.4 Å². The number of nitrogens with zero attached hydrogens (tertiary/aromatic N) is 4. The average molecular weight is 488 g/mol. The van der Waals surface area contributed by atoms with Crippen molar-refractivity contribution in [3.63, 3.8) is 0 Å². The van der Waals surface area contributed by atoms with Gasteiger partial charge < -0.3 is 46.5 Å². The predicted molar refractivity (Wildman–Crippen MR) is 111 cm³/mol. The van der Waals surface area contributed by atoms with Crippen molar-refractivity contribution in [2.24, 2.45) is 0 Å². The zero-order valence-corrected chi connectivity index (χ0v) is 17.5. The molecule has 4 rings (SSSR count). The molecule has 16 heteroatoms. The molecule has 2 aromatic rings. The second-order valence-electron chi connectivity index (χ2n) is 7.50. The minimum Gasteiger partial charge on any atom is -0.394 e. The number of halogens is 1. The molecule has 2 aromatic heterocycles. The average Bonchev–Trinajstić information content (AvgIpc) is 3.24. The molecule has 4 heterocycles. The first-order chi connectivity index (χ1) is 16.1. The zero-order valence-electron chi connectivity index (χ0n) is 17.5. The van der Waals surface area contributed by atoms with Crippen LogP contribution in [0.4, 0.5) is 16.0 Å². The van der Waals surface area contributed by atoms with E-state index in [9.17, 15) is 29.3 Å². The van der Waals surface area contributed by atoms with Gasteiger partial charge in [-0.15, -0.1) is 0 Å². The smallest absolute Gasteiger partial charge is 0.351 e. The fourth-order valence-electron chi connectivity index (χ4n) is 3.43. The number of rotatable bonds is 4. The maximum atomic E-state index is 13.7. The first-order valence-electron chi connectivity index (χ1n) is 9.99. The number of alkyl halides is 1. The molecule has 1 unspecified atom stereocenters. The third-order valence-electron chi connectivity index (χ3n) is 5.24. The van der Waals surface area contributed by atoms with E-state index in [1.54, 1.807) is 0 Å². The topological polar surface area (TPSA) is 241 Å². The Morgan fingerprint density at radius 1 is 0.824 bits per heavy atom. The van der Waals surface area contributed by atoms with Crippen molar-refractivity contribution in [1.29, 1.82) is 0 Å². The van der Waals surface area contributed by atoms with Crippen LogP contribution in [0.15, 0.2) is 34.1 Å². The Balaban J connectivity index is 0.000000191. The quantitative estimate of drug-likeness (QED) is 0.216. The van der Waals surface area contributed by atoms with Crippen LogP contribution >= 0.6 is 0 Å². The summed E-state index contributed by atoms with van der Waals surface area (Å²) in [5, 5.41) is 46.4. The summed E-state index contributed by atoms with van der Waals surface area (Å²) in [7, 11) is 0. The summed E-state index contributed by atoms with van der Waals surface area (Å²) < 4.78 is 25.8. The molecule has 0 bridgehead atoms. The van der Waals surface area contributed by atoms with Crippen LogP contribution < -0.4 is 22.8 Å². The standard InChI is InChI=1S/C9H12FN3O4.C9H13N3O5/c10-6-7(15)4(3-14)17-8(6)13-2-1-5(11)12-9(13)16;10-5-1-2-12(9(16)11-5)8-7(15)6(14)4(3-13)17-8/h1-2,4,6-8,14-15H,3H2,(H2,11,12,16);1-2,4,6-8,13-15H,3H2,(H2,10,11,16)/t4-,6?,7-,8-;4-,6-,7-,8-/m11/s1. The lowest BCUT2D eigenvalue weighted by atomic mass is 10.1. The number of nitrogens with two attached hydrogens (primary N) is 2. The normalized spacial score (nSPS) is 32.9. The van der Waals surface area contributed by atoms with Crippen LogP contribution in [-0.2, 0) is 9.47 Å². The van der Waals surface area contributed by atoms with Gasteiger partial charge in [-0.05, 0) is 12.1 Å². The zero-order chi connectivity index (χ0) is 25.2. The molecule has 188 valence electrons. The molecule has 0 amide bonds. The van der Waals surface area contributed by atoms with Gasteiger partial charge in [-0.25, -0.2) is 14.0 Å². The summed E-state index contributed by atoms with van der Waals surface area (Å²) in [5.74, 6) is 0.0666. The van der Waals surface area contributed by atoms with E-state index in [1.807, 2.05) is 0 Å². The SMILES string of the molecule is Nc1ccn([C@@H]2O[C@H](CO)[C@@H](O)C2F)c(=O)n1.Nc1ccn([C@@H]2O[C@H](CO)[C@@H](O)[C@H]2O)c(=O)n1. The van der Waals surface area contributed by atoms with E-state index in [1.165, 1.54) is 24.5 Å². The van der Waals surface area contributed by atoms with E-state index >= 15 is 0 Å². The molecule has 15 nitrogen and oxygen atoms in total. The highest BCUT2D eigenvalue weighted by Gasteiger charge is 2.45. The lowest BCUT2D eigenvalue weighted by molar-refractivity contribution is -0.0549. The van der Waals surface area contributed by atoms with E-state index in [4.69, 9.17) is 31.2 Å². The minimum absolute atomic E-state index is 0.0129. The molecule has 0 saturated carbocycles. The molecule has 0 spiro atoms. The largest absolute Gasteiger partial charge is 0.394 e. The Bertz CT molecular complexity index is 1010. The lowest BCUT2D eigenvalue weighted by Gasteiger charge is -2.16. The summed E-state index contributed by atoms with van der Waals surface area (Å²) in [6.45, 7) is -0.985. The Labute approximate surface area is 190 Å². The van der Waals surface area contributed by atoms with Gasteiger partial charge in [0, 0.05) is 12.4 Å². The summed E-state index contributed by atoms with van der Waals surface area (Å²) >= 11 is 0. The molecule has 2 saturated heterocycles. The number of hydrogen-bond acceptors (Lipinski definition) is 13. The monoisotopic (exact) mass is 488 g/mol. The predicted octanol–water partition coefficient (Wildman–Crippen LogP) is -4.15. The summed E-state index contributed by atoms with van der Waals surface area (Å²) in [4.78, 5) is 29.9. The fraction of sp³-hybridized carbons (Fsp3) is 0.556. The molecule has 9 N–H and O–H groups in total. The second-order valence-corrected chi connectivity index (χ2v) is 7.50. The molecule has 0 aromatic carbocycles. The van der Waals surface area contributed by atoms with Crippen molar-refractivity contribution in [2.75, 3.05) is 24.7 Å². The van der Waals surface area contributed by atoms with Crippen LogP contribution in [0.2, 0.25) is 0 Å². The van der Waals surface area contributed by atoms with Crippen molar-refractivity contribution in [2.45, 2.75) is 49.1 Å². The molecular formula is C18H25FN6O9. The Hall–Kier alpha value is -2.99. The van der Waals surface area contributed by atoms with Crippen LogP contribution in [-0.4, -0.2) is 94.5 Å². The molecule has 0 radical (unpaired) electrons. The van der Waals surface area contributed by atoms with Crippen molar-refractivity contribution in [1.82, 2.24) is 19.1 Å². The van der Waals surface area contributed by atoms with E-state index < -0.39 is 73.7 Å². The van der Waals surface area contributed by atoms with Crippen molar-refractivity contribution in [3.8, 4) is 0 Å². The summed E-state index contributed by atoms with van der Waals surface area (Å²) in [5.41, 5.74) is 9.15. The minimum atomic E-state index is -1.81. The number of anilines is 2. The number of aromatic nitrogens is 4. The van der Waals surface area contributed by atoms with Gasteiger partial charge in [-0.1, -0.05) is 0 Å².